The largest absolute Gasteiger partial charge is 0.423 e. The second kappa shape index (κ2) is 8.28. The van der Waals surface area contributed by atoms with Crippen molar-refractivity contribution in [3.8, 4) is 0 Å². The minimum Gasteiger partial charge on any atom is -0.423 e. The van der Waals surface area contributed by atoms with E-state index in [0.717, 1.165) is 16.5 Å². The molecule has 2 heterocycles. The lowest BCUT2D eigenvalue weighted by Gasteiger charge is -2.15. The van der Waals surface area contributed by atoms with E-state index in [-0.39, 0.29) is 17.1 Å². The van der Waals surface area contributed by atoms with Gasteiger partial charge in [0.15, 0.2) is 5.16 Å². The molecule has 0 saturated heterocycles. The predicted octanol–water partition coefficient (Wildman–Crippen LogP) is 5.41. The molecule has 4 rings (SSSR count). The molecule has 4 aromatic rings. The van der Waals surface area contributed by atoms with E-state index in [1.165, 1.54) is 17.8 Å². The first-order chi connectivity index (χ1) is 14.3. The summed E-state index contributed by atoms with van der Waals surface area (Å²) in [4.78, 5) is 29.9. The molecule has 0 N–H and O–H groups in total. The third kappa shape index (κ3) is 4.16. The summed E-state index contributed by atoms with van der Waals surface area (Å²) in [6.07, 6.45) is 0. The van der Waals surface area contributed by atoms with Crippen molar-refractivity contribution in [2.75, 3.05) is 0 Å². The Kier molecular flexibility index (Phi) is 5.71. The first-order valence-electron chi connectivity index (χ1n) is 9.68. The Morgan fingerprint density at radius 3 is 2.63 bits per heavy atom. The molecule has 0 saturated carbocycles. The number of rotatable bonds is 5. The summed E-state index contributed by atoms with van der Waals surface area (Å²) in [6, 6.07) is 12.4. The Bertz CT molecular complexity index is 1370. The first kappa shape index (κ1) is 20.7. The summed E-state index contributed by atoms with van der Waals surface area (Å²) in [5.74, 6) is 0.767. The number of hydrogen-bond donors (Lipinski definition) is 0. The SMILES string of the molecule is Cc1ccc2c(CSc3nc4cc(Cl)ccc4c(=O)n3CC(C)C)cc(=O)oc2c1. The van der Waals surface area contributed by atoms with Crippen LogP contribution < -0.4 is 11.2 Å². The van der Waals surface area contributed by atoms with Crippen LogP contribution in [0.5, 0.6) is 0 Å². The summed E-state index contributed by atoms with van der Waals surface area (Å²) in [6.45, 7) is 6.63. The van der Waals surface area contributed by atoms with Gasteiger partial charge in [0, 0.05) is 28.8 Å². The van der Waals surface area contributed by atoms with Gasteiger partial charge in [0.1, 0.15) is 5.58 Å². The number of halogens is 1. The molecule has 0 fully saturated rings. The maximum absolute atomic E-state index is 13.1. The number of fused-ring (bicyclic) bond motifs is 2. The van der Waals surface area contributed by atoms with Crippen molar-refractivity contribution < 1.29 is 4.42 Å². The minimum absolute atomic E-state index is 0.0825. The molecule has 0 amide bonds. The zero-order chi connectivity index (χ0) is 21.4. The highest BCUT2D eigenvalue weighted by molar-refractivity contribution is 7.98. The van der Waals surface area contributed by atoms with Crippen molar-refractivity contribution in [1.82, 2.24) is 9.55 Å². The Morgan fingerprint density at radius 1 is 1.10 bits per heavy atom. The van der Waals surface area contributed by atoms with Crippen molar-refractivity contribution in [2.24, 2.45) is 5.92 Å². The normalized spacial score (nSPS) is 11.6. The molecule has 0 radical (unpaired) electrons. The summed E-state index contributed by atoms with van der Waals surface area (Å²) < 4.78 is 7.06. The van der Waals surface area contributed by atoms with Crippen molar-refractivity contribution in [2.45, 2.75) is 38.2 Å². The summed E-state index contributed by atoms with van der Waals surface area (Å²) >= 11 is 7.55. The maximum atomic E-state index is 13.1. The van der Waals surface area contributed by atoms with E-state index in [1.807, 2.05) is 25.1 Å². The number of aryl methyl sites for hydroxylation is 1. The van der Waals surface area contributed by atoms with Gasteiger partial charge in [0.25, 0.3) is 5.56 Å². The molecule has 5 nitrogen and oxygen atoms in total. The average Bonchev–Trinajstić information content (AvgIpc) is 2.67. The highest BCUT2D eigenvalue weighted by Gasteiger charge is 2.15. The number of aromatic nitrogens is 2. The van der Waals surface area contributed by atoms with Gasteiger partial charge in [0.05, 0.1) is 10.9 Å². The minimum atomic E-state index is -0.387. The molecule has 2 aromatic carbocycles. The summed E-state index contributed by atoms with van der Waals surface area (Å²) in [7, 11) is 0. The molecular formula is C23H21ClN2O3S. The van der Waals surface area contributed by atoms with E-state index >= 15 is 0 Å². The molecule has 0 unspecified atom stereocenters. The molecule has 0 bridgehead atoms. The van der Waals surface area contributed by atoms with Crippen LogP contribution in [0.2, 0.25) is 5.02 Å². The second-order valence-electron chi connectivity index (χ2n) is 7.74. The molecule has 0 spiro atoms. The van der Waals surface area contributed by atoms with Crippen LogP contribution in [0.25, 0.3) is 21.9 Å². The topological polar surface area (TPSA) is 65.1 Å². The van der Waals surface area contributed by atoms with Crippen LogP contribution in [0.3, 0.4) is 0 Å². The molecule has 0 aliphatic carbocycles. The Hall–Kier alpha value is -2.57. The standard InChI is InChI=1S/C23H21ClN2O3S/c1-13(2)11-26-22(28)18-7-5-16(24)10-19(18)25-23(26)30-12-15-9-21(27)29-20-8-14(3)4-6-17(15)20/h4-10,13H,11-12H2,1-3H3. The summed E-state index contributed by atoms with van der Waals surface area (Å²) in [5, 5.41) is 2.57. The summed E-state index contributed by atoms with van der Waals surface area (Å²) in [5.41, 5.74) is 2.54. The van der Waals surface area contributed by atoms with E-state index in [2.05, 4.69) is 13.8 Å². The van der Waals surface area contributed by atoms with E-state index in [4.69, 9.17) is 21.0 Å². The van der Waals surface area contributed by atoms with E-state index in [9.17, 15) is 9.59 Å². The fourth-order valence-corrected chi connectivity index (χ4v) is 4.57. The predicted molar refractivity (Wildman–Crippen MR) is 123 cm³/mol. The molecule has 2 aromatic heterocycles. The van der Waals surface area contributed by atoms with Crippen LogP contribution in [0, 0.1) is 12.8 Å². The molecule has 0 aliphatic rings. The van der Waals surface area contributed by atoms with Gasteiger partial charge in [0.2, 0.25) is 0 Å². The lowest BCUT2D eigenvalue weighted by Crippen LogP contribution is -2.25. The van der Waals surface area contributed by atoms with Crippen LogP contribution in [-0.4, -0.2) is 9.55 Å². The van der Waals surface area contributed by atoms with E-state index in [1.54, 1.807) is 22.8 Å². The average molecular weight is 441 g/mol. The van der Waals surface area contributed by atoms with Gasteiger partial charge in [-0.25, -0.2) is 9.78 Å². The lowest BCUT2D eigenvalue weighted by atomic mass is 10.1. The van der Waals surface area contributed by atoms with Gasteiger partial charge in [-0.15, -0.1) is 0 Å². The molecule has 30 heavy (non-hydrogen) atoms. The third-order valence-corrected chi connectivity index (χ3v) is 6.03. The van der Waals surface area contributed by atoms with Crippen LogP contribution in [0.4, 0.5) is 0 Å². The molecule has 0 aliphatic heterocycles. The van der Waals surface area contributed by atoms with Gasteiger partial charge >= 0.3 is 5.63 Å². The highest BCUT2D eigenvalue weighted by atomic mass is 35.5. The Morgan fingerprint density at radius 2 is 1.87 bits per heavy atom. The van der Waals surface area contributed by atoms with Crippen LogP contribution in [0.15, 0.2) is 61.6 Å². The molecule has 7 heteroatoms. The lowest BCUT2D eigenvalue weighted by molar-refractivity contribution is 0.475. The third-order valence-electron chi connectivity index (χ3n) is 4.77. The quantitative estimate of drug-likeness (QED) is 0.236. The highest BCUT2D eigenvalue weighted by Crippen LogP contribution is 2.27. The number of hydrogen-bond acceptors (Lipinski definition) is 5. The van der Waals surface area contributed by atoms with Gasteiger partial charge in [-0.2, -0.15) is 0 Å². The monoisotopic (exact) mass is 440 g/mol. The fraction of sp³-hybridized carbons (Fsp3) is 0.261. The van der Waals surface area contributed by atoms with Crippen LogP contribution >= 0.6 is 23.4 Å². The number of thioether (sulfide) groups is 1. The van der Waals surface area contributed by atoms with Gasteiger partial charge in [-0.1, -0.05) is 49.3 Å². The molecular weight excluding hydrogens is 420 g/mol. The fourth-order valence-electron chi connectivity index (χ4n) is 3.41. The van der Waals surface area contributed by atoms with Crippen molar-refractivity contribution >= 4 is 45.2 Å². The van der Waals surface area contributed by atoms with Gasteiger partial charge < -0.3 is 4.42 Å². The van der Waals surface area contributed by atoms with Crippen molar-refractivity contribution in [3.05, 3.63) is 79.4 Å². The van der Waals surface area contributed by atoms with E-state index < -0.39 is 0 Å². The zero-order valence-electron chi connectivity index (χ0n) is 16.9. The van der Waals surface area contributed by atoms with E-state index in [0.29, 0.717) is 39.0 Å². The maximum Gasteiger partial charge on any atom is 0.336 e. The zero-order valence-corrected chi connectivity index (χ0v) is 18.5. The van der Waals surface area contributed by atoms with Gasteiger partial charge in [-0.05, 0) is 48.2 Å². The number of nitrogens with zero attached hydrogens (tertiary/aromatic N) is 2. The number of benzene rings is 2. The van der Waals surface area contributed by atoms with Gasteiger partial charge in [-0.3, -0.25) is 9.36 Å². The Balaban J connectivity index is 1.79. The second-order valence-corrected chi connectivity index (χ2v) is 9.12. The first-order valence-corrected chi connectivity index (χ1v) is 11.0. The van der Waals surface area contributed by atoms with Crippen LogP contribution in [-0.2, 0) is 12.3 Å². The van der Waals surface area contributed by atoms with Crippen molar-refractivity contribution in [1.29, 1.82) is 0 Å². The molecule has 154 valence electrons. The van der Waals surface area contributed by atoms with Crippen molar-refractivity contribution in [3.63, 3.8) is 0 Å². The molecule has 0 atom stereocenters. The Labute approximate surface area is 182 Å². The van der Waals surface area contributed by atoms with Crippen LogP contribution in [0.1, 0.15) is 25.0 Å². The smallest absolute Gasteiger partial charge is 0.336 e.